The Kier molecular flexibility index (Phi) is 4.74. The molecule has 1 aliphatic heterocycles. The molecule has 4 atom stereocenters. The Hall–Kier alpha value is -3.20. The monoisotopic (exact) mass is 395 g/mol. The fourth-order valence-electron chi connectivity index (χ4n) is 5.37. The van der Waals surface area contributed by atoms with Gasteiger partial charge in [0.2, 0.25) is 11.8 Å². The van der Waals surface area contributed by atoms with Gasteiger partial charge in [0, 0.05) is 0 Å². The fourth-order valence-corrected chi connectivity index (χ4v) is 5.37. The van der Waals surface area contributed by atoms with Crippen LogP contribution < -0.4 is 4.90 Å². The lowest BCUT2D eigenvalue weighted by molar-refractivity contribution is -0.122. The van der Waals surface area contributed by atoms with E-state index in [-0.39, 0.29) is 35.5 Å². The van der Waals surface area contributed by atoms with E-state index in [9.17, 15) is 9.59 Å². The minimum atomic E-state index is -0.319. The number of carbonyl (C=O) groups is 2. The van der Waals surface area contributed by atoms with Crippen molar-refractivity contribution in [1.82, 2.24) is 0 Å². The van der Waals surface area contributed by atoms with Gasteiger partial charge in [0.05, 0.1) is 17.5 Å². The topological polar surface area (TPSA) is 37.4 Å². The van der Waals surface area contributed by atoms with Gasteiger partial charge in [0.15, 0.2) is 0 Å². The molecule has 1 saturated heterocycles. The second-order valence-electron chi connectivity index (χ2n) is 8.51. The zero-order valence-electron chi connectivity index (χ0n) is 17.1. The standard InChI is InChI=1S/C27H25NO2/c1-18-12-14-21(15-13-18)28-26(29)24-22(19-8-4-2-5-9-19)16-17-23(25(24)27(28)30)20-10-6-3-7-11-20/h2-15,22-25H,16-17H2,1H3/t22-,23-,24-,25+/m0/s1. The largest absolute Gasteiger partial charge is 0.274 e. The van der Waals surface area contributed by atoms with E-state index in [0.717, 1.165) is 29.5 Å². The van der Waals surface area contributed by atoms with Crippen molar-refractivity contribution >= 4 is 17.5 Å². The van der Waals surface area contributed by atoms with Crippen LogP contribution in [-0.2, 0) is 9.59 Å². The zero-order valence-corrected chi connectivity index (χ0v) is 17.1. The van der Waals surface area contributed by atoms with E-state index in [4.69, 9.17) is 0 Å². The van der Waals surface area contributed by atoms with Crippen LogP contribution in [0.15, 0.2) is 84.9 Å². The van der Waals surface area contributed by atoms with Crippen LogP contribution in [0, 0.1) is 18.8 Å². The molecule has 1 saturated carbocycles. The Labute approximate surface area is 177 Å². The molecule has 3 nitrogen and oxygen atoms in total. The Morgan fingerprint density at radius 3 is 1.50 bits per heavy atom. The summed E-state index contributed by atoms with van der Waals surface area (Å²) < 4.78 is 0. The van der Waals surface area contributed by atoms with Crippen LogP contribution in [-0.4, -0.2) is 11.8 Å². The molecule has 0 bridgehead atoms. The van der Waals surface area contributed by atoms with Crippen LogP contribution >= 0.6 is 0 Å². The van der Waals surface area contributed by atoms with E-state index >= 15 is 0 Å². The average molecular weight is 396 g/mol. The molecule has 2 aliphatic rings. The molecule has 2 amide bonds. The molecule has 3 aromatic rings. The number of imide groups is 1. The highest BCUT2D eigenvalue weighted by atomic mass is 16.2. The van der Waals surface area contributed by atoms with Gasteiger partial charge in [-0.15, -0.1) is 0 Å². The van der Waals surface area contributed by atoms with E-state index in [1.807, 2.05) is 67.6 Å². The number of aryl methyl sites for hydroxylation is 1. The first-order valence-electron chi connectivity index (χ1n) is 10.7. The predicted octanol–water partition coefficient (Wildman–Crippen LogP) is 5.46. The molecule has 0 spiro atoms. The van der Waals surface area contributed by atoms with Gasteiger partial charge in [-0.2, -0.15) is 0 Å². The van der Waals surface area contributed by atoms with Gasteiger partial charge >= 0.3 is 0 Å². The maximum absolute atomic E-state index is 13.7. The van der Waals surface area contributed by atoms with Crippen LogP contribution in [0.4, 0.5) is 5.69 Å². The van der Waals surface area contributed by atoms with Crippen molar-refractivity contribution in [1.29, 1.82) is 0 Å². The van der Waals surface area contributed by atoms with E-state index < -0.39 is 0 Å². The SMILES string of the molecule is Cc1ccc(N2C(=O)[C@@H]3[C@H](C2=O)[C@H](c2ccccc2)CC[C@H]3c2ccccc2)cc1. The number of carbonyl (C=O) groups excluding carboxylic acids is 2. The Morgan fingerprint density at radius 2 is 1.07 bits per heavy atom. The normalized spacial score (nSPS) is 26.0. The fraction of sp³-hybridized carbons (Fsp3) is 0.259. The molecule has 0 aromatic heterocycles. The summed E-state index contributed by atoms with van der Waals surface area (Å²) in [6, 6.07) is 28.1. The zero-order chi connectivity index (χ0) is 20.7. The first kappa shape index (κ1) is 18.8. The lowest BCUT2D eigenvalue weighted by Crippen LogP contribution is -2.34. The number of rotatable bonds is 3. The molecule has 1 heterocycles. The third kappa shape index (κ3) is 3.06. The second kappa shape index (κ2) is 7.56. The van der Waals surface area contributed by atoms with Crippen LogP contribution in [0.1, 0.15) is 41.4 Å². The van der Waals surface area contributed by atoms with Crippen LogP contribution in [0.5, 0.6) is 0 Å². The van der Waals surface area contributed by atoms with Gasteiger partial charge < -0.3 is 0 Å². The van der Waals surface area contributed by atoms with Crippen molar-refractivity contribution in [2.45, 2.75) is 31.6 Å². The minimum absolute atomic E-state index is 0.0525. The molecule has 3 aromatic carbocycles. The van der Waals surface area contributed by atoms with Gasteiger partial charge in [-0.3, -0.25) is 14.5 Å². The van der Waals surface area contributed by atoms with Crippen molar-refractivity contribution in [2.24, 2.45) is 11.8 Å². The summed E-state index contributed by atoms with van der Waals surface area (Å²) in [5.74, 6) is -0.599. The van der Waals surface area contributed by atoms with Gasteiger partial charge in [0.1, 0.15) is 0 Å². The maximum Gasteiger partial charge on any atom is 0.238 e. The Bertz CT molecular complexity index is 994. The molecule has 1 aliphatic carbocycles. The third-order valence-corrected chi connectivity index (χ3v) is 6.80. The summed E-state index contributed by atoms with van der Waals surface area (Å²) in [7, 11) is 0. The van der Waals surface area contributed by atoms with Crippen LogP contribution in [0.3, 0.4) is 0 Å². The number of hydrogen-bond acceptors (Lipinski definition) is 2. The number of benzene rings is 3. The Morgan fingerprint density at radius 1 is 0.633 bits per heavy atom. The summed E-state index contributed by atoms with van der Waals surface area (Å²) in [6.07, 6.45) is 1.82. The van der Waals surface area contributed by atoms with Crippen molar-refractivity contribution in [3.63, 3.8) is 0 Å². The number of amides is 2. The van der Waals surface area contributed by atoms with Crippen LogP contribution in [0.25, 0.3) is 0 Å². The smallest absolute Gasteiger partial charge is 0.238 e. The van der Waals surface area contributed by atoms with E-state index in [1.165, 1.54) is 4.90 Å². The van der Waals surface area contributed by atoms with Gasteiger partial charge in [-0.05, 0) is 54.9 Å². The van der Waals surface area contributed by atoms with Crippen molar-refractivity contribution in [2.75, 3.05) is 4.90 Å². The van der Waals surface area contributed by atoms with Crippen LogP contribution in [0.2, 0.25) is 0 Å². The molecule has 2 fully saturated rings. The molecule has 0 N–H and O–H groups in total. The van der Waals surface area contributed by atoms with Crippen molar-refractivity contribution < 1.29 is 9.59 Å². The third-order valence-electron chi connectivity index (χ3n) is 6.80. The number of nitrogens with zero attached hydrogens (tertiary/aromatic N) is 1. The molecule has 150 valence electrons. The highest BCUT2D eigenvalue weighted by Gasteiger charge is 2.56. The highest BCUT2D eigenvalue weighted by molar-refractivity contribution is 6.22. The average Bonchev–Trinajstić information content (AvgIpc) is 3.06. The molecule has 0 unspecified atom stereocenters. The molecule has 30 heavy (non-hydrogen) atoms. The quantitative estimate of drug-likeness (QED) is 0.552. The highest BCUT2D eigenvalue weighted by Crippen LogP contribution is 2.53. The van der Waals surface area contributed by atoms with Crippen molar-refractivity contribution in [3.05, 3.63) is 102 Å². The molecular formula is C27H25NO2. The maximum atomic E-state index is 13.7. The molecule has 5 rings (SSSR count). The summed E-state index contributed by atoms with van der Waals surface area (Å²) >= 11 is 0. The lowest BCUT2D eigenvalue weighted by Gasteiger charge is -2.37. The van der Waals surface area contributed by atoms with Gasteiger partial charge in [-0.25, -0.2) is 0 Å². The lowest BCUT2D eigenvalue weighted by atomic mass is 9.64. The Balaban J connectivity index is 1.60. The minimum Gasteiger partial charge on any atom is -0.274 e. The first-order chi connectivity index (χ1) is 14.6. The predicted molar refractivity (Wildman–Crippen MR) is 118 cm³/mol. The van der Waals surface area contributed by atoms with E-state index in [0.29, 0.717) is 5.69 Å². The van der Waals surface area contributed by atoms with Gasteiger partial charge in [0.25, 0.3) is 0 Å². The second-order valence-corrected chi connectivity index (χ2v) is 8.51. The summed E-state index contributed by atoms with van der Waals surface area (Å²) in [4.78, 5) is 28.9. The van der Waals surface area contributed by atoms with Gasteiger partial charge in [-0.1, -0.05) is 78.4 Å². The number of fused-ring (bicyclic) bond motifs is 1. The molecule has 0 radical (unpaired) electrons. The van der Waals surface area contributed by atoms with Crippen molar-refractivity contribution in [3.8, 4) is 0 Å². The first-order valence-corrected chi connectivity index (χ1v) is 10.7. The summed E-state index contributed by atoms with van der Waals surface area (Å²) in [5.41, 5.74) is 4.11. The summed E-state index contributed by atoms with van der Waals surface area (Å²) in [6.45, 7) is 2.01. The van der Waals surface area contributed by atoms with E-state index in [2.05, 4.69) is 24.3 Å². The molecule has 3 heteroatoms. The number of hydrogen-bond donors (Lipinski definition) is 0. The van der Waals surface area contributed by atoms with E-state index in [1.54, 1.807) is 0 Å². The number of anilines is 1. The molecular weight excluding hydrogens is 370 g/mol. The summed E-state index contributed by atoms with van der Waals surface area (Å²) in [5, 5.41) is 0.